The van der Waals surface area contributed by atoms with E-state index in [0.717, 1.165) is 23.6 Å². The number of nitrogens with zero attached hydrogens (tertiary/aromatic N) is 3. The first-order valence-electron chi connectivity index (χ1n) is 5.20. The van der Waals surface area contributed by atoms with E-state index in [1.54, 1.807) is 10.9 Å². The second-order valence-electron chi connectivity index (χ2n) is 3.62. The summed E-state index contributed by atoms with van der Waals surface area (Å²) in [5.74, 6) is 0.775. The van der Waals surface area contributed by atoms with Gasteiger partial charge in [0.2, 0.25) is 0 Å². The van der Waals surface area contributed by atoms with Crippen molar-refractivity contribution >= 4 is 17.2 Å². The van der Waals surface area contributed by atoms with E-state index < -0.39 is 0 Å². The first kappa shape index (κ1) is 10.5. The molecular weight excluding hydrogens is 202 g/mol. The van der Waals surface area contributed by atoms with Crippen molar-refractivity contribution in [3.8, 4) is 0 Å². The van der Waals surface area contributed by atoms with E-state index in [9.17, 15) is 0 Å². The summed E-state index contributed by atoms with van der Waals surface area (Å²) >= 11 is 0. The largest absolute Gasteiger partial charge is 0.397 e. The van der Waals surface area contributed by atoms with Crippen LogP contribution < -0.4 is 11.1 Å². The van der Waals surface area contributed by atoms with Gasteiger partial charge in [-0.05, 0) is 18.6 Å². The number of nitrogen functional groups attached to an aromatic ring is 1. The quantitative estimate of drug-likeness (QED) is 0.821. The van der Waals surface area contributed by atoms with Gasteiger partial charge in [0.25, 0.3) is 0 Å². The minimum absolute atomic E-state index is 0.660. The normalized spacial score (nSPS) is 10.4. The Kier molecular flexibility index (Phi) is 2.76. The third kappa shape index (κ3) is 2.13. The van der Waals surface area contributed by atoms with Crippen molar-refractivity contribution in [2.45, 2.75) is 13.3 Å². The molecule has 2 rings (SSSR count). The summed E-state index contributed by atoms with van der Waals surface area (Å²) in [7, 11) is 1.90. The van der Waals surface area contributed by atoms with Crippen LogP contribution in [0.2, 0.25) is 0 Å². The van der Waals surface area contributed by atoms with Crippen LogP contribution in [0.5, 0.6) is 0 Å². The number of nitrogens with one attached hydrogen (secondary N) is 1. The molecule has 0 unspecified atom stereocenters. The third-order valence-corrected chi connectivity index (χ3v) is 2.29. The average Bonchev–Trinajstić information content (AvgIpc) is 2.62. The van der Waals surface area contributed by atoms with Crippen molar-refractivity contribution in [3.05, 3.63) is 30.2 Å². The van der Waals surface area contributed by atoms with Crippen LogP contribution in [0.25, 0.3) is 0 Å². The van der Waals surface area contributed by atoms with Gasteiger partial charge in [-0.25, -0.2) is 4.98 Å². The first-order valence-corrected chi connectivity index (χ1v) is 5.20. The number of aryl methyl sites for hydroxylation is 2. The Morgan fingerprint density at radius 1 is 1.44 bits per heavy atom. The highest BCUT2D eigenvalue weighted by Crippen LogP contribution is 2.18. The lowest BCUT2D eigenvalue weighted by molar-refractivity contribution is 0.746. The molecule has 0 atom stereocenters. The number of nitrogens with two attached hydrogens (primary N) is 1. The molecule has 5 heteroatoms. The van der Waals surface area contributed by atoms with Crippen LogP contribution in [0, 0.1) is 0 Å². The number of pyridine rings is 1. The number of anilines is 3. The van der Waals surface area contributed by atoms with E-state index in [4.69, 9.17) is 5.73 Å². The molecule has 16 heavy (non-hydrogen) atoms. The monoisotopic (exact) mass is 217 g/mol. The highest BCUT2D eigenvalue weighted by molar-refractivity contribution is 5.59. The van der Waals surface area contributed by atoms with Crippen molar-refractivity contribution in [1.82, 2.24) is 14.8 Å². The molecular formula is C11H15N5. The Bertz CT molecular complexity index is 472. The summed E-state index contributed by atoms with van der Waals surface area (Å²) in [6, 6.07) is 3.67. The van der Waals surface area contributed by atoms with Crippen molar-refractivity contribution in [2.24, 2.45) is 7.05 Å². The van der Waals surface area contributed by atoms with E-state index in [0.29, 0.717) is 5.69 Å². The Morgan fingerprint density at radius 3 is 2.88 bits per heavy atom. The lowest BCUT2D eigenvalue weighted by Crippen LogP contribution is -1.96. The van der Waals surface area contributed by atoms with Gasteiger partial charge >= 0.3 is 0 Å². The zero-order chi connectivity index (χ0) is 11.5. The van der Waals surface area contributed by atoms with Gasteiger partial charge in [-0.1, -0.05) is 6.92 Å². The maximum absolute atomic E-state index is 5.57. The maximum atomic E-state index is 5.57. The molecule has 0 saturated heterocycles. The summed E-state index contributed by atoms with van der Waals surface area (Å²) in [5.41, 5.74) is 8.25. The molecule has 0 saturated carbocycles. The molecule has 2 aromatic rings. The van der Waals surface area contributed by atoms with Gasteiger partial charge in [-0.3, -0.25) is 4.68 Å². The van der Waals surface area contributed by atoms with E-state index in [2.05, 4.69) is 22.3 Å². The molecule has 0 aliphatic rings. The molecule has 0 spiro atoms. The van der Waals surface area contributed by atoms with Crippen molar-refractivity contribution in [3.63, 3.8) is 0 Å². The predicted octanol–water partition coefficient (Wildman–Crippen LogP) is 1.70. The summed E-state index contributed by atoms with van der Waals surface area (Å²) < 4.78 is 1.79. The fraction of sp³-hybridized carbons (Fsp3) is 0.273. The molecule has 0 fully saturated rings. The minimum Gasteiger partial charge on any atom is -0.397 e. The Hall–Kier alpha value is -2.04. The lowest BCUT2D eigenvalue weighted by Gasteiger charge is -2.04. The van der Waals surface area contributed by atoms with Gasteiger partial charge in [0, 0.05) is 13.2 Å². The van der Waals surface area contributed by atoms with Crippen LogP contribution in [-0.2, 0) is 13.5 Å². The Balaban J connectivity index is 2.22. The van der Waals surface area contributed by atoms with Crippen LogP contribution in [0.3, 0.4) is 0 Å². The second kappa shape index (κ2) is 4.22. The summed E-state index contributed by atoms with van der Waals surface area (Å²) in [6.45, 7) is 2.07. The van der Waals surface area contributed by atoms with Crippen LogP contribution in [0.1, 0.15) is 12.6 Å². The number of aromatic nitrogens is 3. The van der Waals surface area contributed by atoms with Crippen LogP contribution in [0.15, 0.2) is 24.5 Å². The third-order valence-electron chi connectivity index (χ3n) is 2.29. The van der Waals surface area contributed by atoms with Crippen LogP contribution >= 0.6 is 0 Å². The van der Waals surface area contributed by atoms with Gasteiger partial charge in [-0.2, -0.15) is 5.10 Å². The summed E-state index contributed by atoms with van der Waals surface area (Å²) in [5, 5.41) is 7.57. The standard InChI is InChI=1S/C11H15N5/c1-3-9-10(7-16(2)15-9)14-11-5-4-8(12)6-13-11/h4-7H,3,12H2,1-2H3,(H,13,14). The van der Waals surface area contributed by atoms with Crippen LogP contribution in [0.4, 0.5) is 17.2 Å². The van der Waals surface area contributed by atoms with Gasteiger partial charge in [0.15, 0.2) is 0 Å². The molecule has 0 aliphatic heterocycles. The molecule has 2 heterocycles. The van der Waals surface area contributed by atoms with E-state index in [1.165, 1.54) is 0 Å². The Labute approximate surface area is 94.3 Å². The zero-order valence-electron chi connectivity index (χ0n) is 9.44. The van der Waals surface area contributed by atoms with Crippen LogP contribution in [-0.4, -0.2) is 14.8 Å². The highest BCUT2D eigenvalue weighted by Gasteiger charge is 2.05. The fourth-order valence-electron chi connectivity index (χ4n) is 1.52. The van der Waals surface area contributed by atoms with Gasteiger partial charge < -0.3 is 11.1 Å². The Morgan fingerprint density at radius 2 is 2.25 bits per heavy atom. The fourth-order valence-corrected chi connectivity index (χ4v) is 1.52. The predicted molar refractivity (Wildman–Crippen MR) is 64.5 cm³/mol. The van der Waals surface area contributed by atoms with Gasteiger partial charge in [0.1, 0.15) is 5.82 Å². The highest BCUT2D eigenvalue weighted by atomic mass is 15.3. The smallest absolute Gasteiger partial charge is 0.130 e. The molecule has 0 amide bonds. The van der Waals surface area contributed by atoms with Crippen molar-refractivity contribution < 1.29 is 0 Å². The second-order valence-corrected chi connectivity index (χ2v) is 3.62. The summed E-state index contributed by atoms with van der Waals surface area (Å²) in [4.78, 5) is 4.19. The first-order chi connectivity index (χ1) is 7.69. The molecule has 0 aliphatic carbocycles. The molecule has 0 bridgehead atoms. The molecule has 2 aromatic heterocycles. The minimum atomic E-state index is 0.660. The zero-order valence-corrected chi connectivity index (χ0v) is 9.44. The SMILES string of the molecule is CCc1nn(C)cc1Nc1ccc(N)cn1. The topological polar surface area (TPSA) is 68.8 Å². The molecule has 3 N–H and O–H groups in total. The summed E-state index contributed by atoms with van der Waals surface area (Å²) in [6.07, 6.45) is 4.46. The van der Waals surface area contributed by atoms with E-state index in [-0.39, 0.29) is 0 Å². The average molecular weight is 217 g/mol. The molecule has 84 valence electrons. The molecule has 5 nitrogen and oxygen atoms in total. The number of hydrogen-bond donors (Lipinski definition) is 2. The van der Waals surface area contributed by atoms with Crippen molar-refractivity contribution in [1.29, 1.82) is 0 Å². The maximum Gasteiger partial charge on any atom is 0.130 e. The number of rotatable bonds is 3. The van der Waals surface area contributed by atoms with E-state index in [1.807, 2.05) is 25.4 Å². The molecule has 0 radical (unpaired) electrons. The number of hydrogen-bond acceptors (Lipinski definition) is 4. The van der Waals surface area contributed by atoms with Crippen molar-refractivity contribution in [2.75, 3.05) is 11.1 Å². The lowest BCUT2D eigenvalue weighted by atomic mass is 10.3. The van der Waals surface area contributed by atoms with Gasteiger partial charge in [0.05, 0.1) is 23.3 Å². The van der Waals surface area contributed by atoms with Gasteiger partial charge in [-0.15, -0.1) is 0 Å². The van der Waals surface area contributed by atoms with E-state index >= 15 is 0 Å². The molecule has 0 aromatic carbocycles.